The molecular weight excluding hydrogens is 319 g/mol. The fourth-order valence-corrected chi connectivity index (χ4v) is 2.39. The molecule has 2 aromatic rings. The van der Waals surface area contributed by atoms with Crippen molar-refractivity contribution in [1.29, 1.82) is 0 Å². The predicted octanol–water partition coefficient (Wildman–Crippen LogP) is 3.58. The molecule has 0 aliphatic carbocycles. The van der Waals surface area contributed by atoms with Crippen LogP contribution in [0.1, 0.15) is 34.7 Å². The van der Waals surface area contributed by atoms with E-state index in [-0.39, 0.29) is 6.04 Å². The van der Waals surface area contributed by atoms with Gasteiger partial charge in [0.2, 0.25) is 0 Å². The van der Waals surface area contributed by atoms with Crippen LogP contribution in [0, 0.1) is 0 Å². The Bertz CT molecular complexity index is 683. The fraction of sp³-hybridized carbons (Fsp3) is 0.286. The van der Waals surface area contributed by atoms with Crippen molar-refractivity contribution in [3.63, 3.8) is 0 Å². The van der Waals surface area contributed by atoms with E-state index in [0.717, 1.165) is 12.6 Å². The van der Waals surface area contributed by atoms with E-state index >= 15 is 0 Å². The number of nitrogens with one attached hydrogen (secondary N) is 1. The molecule has 1 unspecified atom stereocenters. The molecule has 22 heavy (non-hydrogen) atoms. The molecule has 0 aliphatic heterocycles. The van der Waals surface area contributed by atoms with Crippen LogP contribution in [-0.4, -0.2) is 15.7 Å². The molecule has 1 heterocycles. The molecule has 2 rings (SSSR count). The molecule has 118 valence electrons. The highest BCUT2D eigenvalue weighted by atomic mass is 35.5. The van der Waals surface area contributed by atoms with E-state index < -0.39 is 28.5 Å². The smallest absolute Gasteiger partial charge is 0.344 e. The fourth-order valence-electron chi connectivity index (χ4n) is 2.04. The number of rotatable bonds is 3. The molecule has 0 spiro atoms. The number of amides is 1. The summed E-state index contributed by atoms with van der Waals surface area (Å²) in [5.41, 5.74) is -0.773. The first-order valence-electron chi connectivity index (χ1n) is 6.37. The number of hydrogen-bond donors (Lipinski definition) is 1. The van der Waals surface area contributed by atoms with Crippen LogP contribution >= 0.6 is 11.6 Å². The molecule has 0 bridgehead atoms. The zero-order chi connectivity index (χ0) is 16.5. The Hall–Kier alpha value is -2.02. The summed E-state index contributed by atoms with van der Waals surface area (Å²) in [7, 11) is 1.09. The monoisotopic (exact) mass is 331 g/mol. The second-order valence-electron chi connectivity index (χ2n) is 4.74. The summed E-state index contributed by atoms with van der Waals surface area (Å²) >= 11 is 5.67. The average Bonchev–Trinajstić information content (AvgIpc) is 2.74. The van der Waals surface area contributed by atoms with Crippen LogP contribution in [0.3, 0.4) is 0 Å². The minimum Gasteiger partial charge on any atom is -0.344 e. The zero-order valence-corrected chi connectivity index (χ0v) is 12.5. The van der Waals surface area contributed by atoms with Gasteiger partial charge in [-0.15, -0.1) is 0 Å². The number of hydrogen-bond acceptors (Lipinski definition) is 2. The Kier molecular flexibility index (Phi) is 4.46. The Morgan fingerprint density at radius 3 is 2.41 bits per heavy atom. The first-order chi connectivity index (χ1) is 10.2. The van der Waals surface area contributed by atoms with Crippen molar-refractivity contribution >= 4 is 17.5 Å². The van der Waals surface area contributed by atoms with Crippen molar-refractivity contribution in [3.8, 4) is 0 Å². The first-order valence-corrected chi connectivity index (χ1v) is 6.75. The molecule has 0 saturated carbocycles. The number of nitrogens with zero attached hydrogens (tertiary/aromatic N) is 2. The van der Waals surface area contributed by atoms with Crippen molar-refractivity contribution < 1.29 is 18.0 Å². The average molecular weight is 332 g/mol. The van der Waals surface area contributed by atoms with E-state index in [2.05, 4.69) is 10.4 Å². The highest BCUT2D eigenvalue weighted by molar-refractivity contribution is 6.34. The summed E-state index contributed by atoms with van der Waals surface area (Å²) in [6.45, 7) is 1.72. The molecule has 0 aliphatic rings. The molecule has 0 saturated heterocycles. The van der Waals surface area contributed by atoms with Crippen LogP contribution in [-0.2, 0) is 13.2 Å². The first kappa shape index (κ1) is 16.4. The van der Waals surface area contributed by atoms with E-state index in [4.69, 9.17) is 11.6 Å². The summed E-state index contributed by atoms with van der Waals surface area (Å²) in [5.74, 6) is -0.757. The Labute approximate surface area is 129 Å². The molecule has 1 aromatic carbocycles. The number of halogens is 4. The van der Waals surface area contributed by atoms with Crippen LogP contribution < -0.4 is 5.32 Å². The second kappa shape index (κ2) is 6.00. The number of carbonyl (C=O) groups excluding carboxylic acids is 1. The quantitative estimate of drug-likeness (QED) is 0.934. The Balaban J connectivity index is 2.24. The van der Waals surface area contributed by atoms with E-state index in [1.54, 1.807) is 31.2 Å². The van der Waals surface area contributed by atoms with Gasteiger partial charge >= 0.3 is 6.18 Å². The van der Waals surface area contributed by atoms with Gasteiger partial charge in [0.25, 0.3) is 5.91 Å². The van der Waals surface area contributed by atoms with Gasteiger partial charge in [-0.25, -0.2) is 0 Å². The number of alkyl halides is 3. The third kappa shape index (κ3) is 3.24. The van der Waals surface area contributed by atoms with Crippen LogP contribution in [0.25, 0.3) is 0 Å². The lowest BCUT2D eigenvalue weighted by molar-refractivity contribution is -0.143. The number of benzene rings is 1. The van der Waals surface area contributed by atoms with Gasteiger partial charge in [0.15, 0.2) is 11.4 Å². The third-order valence-electron chi connectivity index (χ3n) is 3.12. The molecular formula is C14H13ClF3N3O. The molecule has 0 radical (unpaired) electrons. The molecule has 4 nitrogen and oxygen atoms in total. The largest absolute Gasteiger partial charge is 0.434 e. The molecule has 1 atom stereocenters. The Morgan fingerprint density at radius 1 is 1.32 bits per heavy atom. The summed E-state index contributed by atoms with van der Waals surface area (Å²) in [4.78, 5) is 12.1. The lowest BCUT2D eigenvalue weighted by Gasteiger charge is -2.13. The summed E-state index contributed by atoms with van der Waals surface area (Å²) in [6, 6.07) is 8.63. The van der Waals surface area contributed by atoms with Crippen LogP contribution in [0.2, 0.25) is 5.02 Å². The van der Waals surface area contributed by atoms with Gasteiger partial charge in [0.05, 0.1) is 6.04 Å². The van der Waals surface area contributed by atoms with Crippen molar-refractivity contribution in [2.75, 3.05) is 0 Å². The standard InChI is InChI=1S/C14H13ClF3N3O/c1-8(9-6-4-3-5-7-9)19-13(22)11-10(15)12(14(16,17)18)21(2)20-11/h3-8H,1-2H3,(H,19,22). The van der Waals surface area contributed by atoms with E-state index in [0.29, 0.717) is 4.68 Å². The van der Waals surface area contributed by atoms with E-state index in [1.165, 1.54) is 0 Å². The number of aryl methyl sites for hydroxylation is 1. The second-order valence-corrected chi connectivity index (χ2v) is 5.12. The van der Waals surface area contributed by atoms with Crippen LogP contribution in [0.15, 0.2) is 30.3 Å². The lowest BCUT2D eigenvalue weighted by Crippen LogP contribution is -2.27. The number of carbonyl (C=O) groups is 1. The molecule has 1 amide bonds. The zero-order valence-electron chi connectivity index (χ0n) is 11.8. The van der Waals surface area contributed by atoms with Crippen molar-refractivity contribution in [2.45, 2.75) is 19.1 Å². The van der Waals surface area contributed by atoms with Crippen LogP contribution in [0.5, 0.6) is 0 Å². The normalized spacial score (nSPS) is 13.0. The summed E-state index contributed by atoms with van der Waals surface area (Å²) in [6.07, 6.45) is -4.68. The van der Waals surface area contributed by atoms with Gasteiger partial charge < -0.3 is 5.32 Å². The molecule has 1 aromatic heterocycles. The molecule has 0 fully saturated rings. The van der Waals surface area contributed by atoms with Gasteiger partial charge in [-0.1, -0.05) is 41.9 Å². The van der Waals surface area contributed by atoms with Crippen LogP contribution in [0.4, 0.5) is 13.2 Å². The van der Waals surface area contributed by atoms with Gasteiger partial charge in [0.1, 0.15) is 5.02 Å². The summed E-state index contributed by atoms with van der Waals surface area (Å²) < 4.78 is 39.1. The maximum atomic E-state index is 12.8. The number of aromatic nitrogens is 2. The predicted molar refractivity (Wildman–Crippen MR) is 75.5 cm³/mol. The SMILES string of the molecule is CC(NC(=O)c1nn(C)c(C(F)(F)F)c1Cl)c1ccccc1. The van der Waals surface area contributed by atoms with Crippen molar-refractivity contribution in [3.05, 3.63) is 52.3 Å². The molecule has 8 heteroatoms. The maximum Gasteiger partial charge on any atom is 0.434 e. The van der Waals surface area contributed by atoms with E-state index in [1.807, 2.05) is 6.07 Å². The van der Waals surface area contributed by atoms with Crippen molar-refractivity contribution in [2.24, 2.45) is 7.05 Å². The highest BCUT2D eigenvalue weighted by Gasteiger charge is 2.40. The maximum absolute atomic E-state index is 12.8. The minimum atomic E-state index is -4.68. The van der Waals surface area contributed by atoms with Gasteiger partial charge in [-0.2, -0.15) is 18.3 Å². The minimum absolute atomic E-state index is 0.388. The highest BCUT2D eigenvalue weighted by Crippen LogP contribution is 2.36. The summed E-state index contributed by atoms with van der Waals surface area (Å²) in [5, 5.41) is 5.45. The lowest BCUT2D eigenvalue weighted by atomic mass is 10.1. The third-order valence-corrected chi connectivity index (χ3v) is 3.48. The Morgan fingerprint density at radius 2 is 1.91 bits per heavy atom. The topological polar surface area (TPSA) is 46.9 Å². The van der Waals surface area contributed by atoms with E-state index in [9.17, 15) is 18.0 Å². The molecule has 1 N–H and O–H groups in total. The van der Waals surface area contributed by atoms with Gasteiger partial charge in [0, 0.05) is 7.05 Å². The van der Waals surface area contributed by atoms with Crippen molar-refractivity contribution in [1.82, 2.24) is 15.1 Å². The van der Waals surface area contributed by atoms with Gasteiger partial charge in [-0.05, 0) is 12.5 Å². The van der Waals surface area contributed by atoms with Gasteiger partial charge in [-0.3, -0.25) is 9.48 Å².